The van der Waals surface area contributed by atoms with E-state index in [4.69, 9.17) is 0 Å². The van der Waals surface area contributed by atoms with Crippen LogP contribution in [-0.4, -0.2) is 29.1 Å². The molecule has 1 saturated heterocycles. The van der Waals surface area contributed by atoms with Gasteiger partial charge in [0.25, 0.3) is 0 Å². The van der Waals surface area contributed by atoms with Crippen LogP contribution in [-0.2, 0) is 6.54 Å². The normalized spacial score (nSPS) is 18.7. The molecule has 1 aliphatic heterocycles. The van der Waals surface area contributed by atoms with E-state index in [1.807, 2.05) is 6.07 Å². The fourth-order valence-electron chi connectivity index (χ4n) is 2.69. The summed E-state index contributed by atoms with van der Waals surface area (Å²) in [6.45, 7) is 2.91. The number of aromatic nitrogens is 2. The lowest BCUT2D eigenvalue weighted by molar-refractivity contribution is 0.418. The highest BCUT2D eigenvalue weighted by molar-refractivity contribution is 9.10. The zero-order valence-electron chi connectivity index (χ0n) is 11.9. The molecule has 110 valence electrons. The Morgan fingerprint density at radius 2 is 2.10 bits per heavy atom. The molecule has 1 atom stereocenters. The van der Waals surface area contributed by atoms with Crippen LogP contribution in [0.15, 0.2) is 47.2 Å². The Hall–Kier alpha value is -1.46. The summed E-state index contributed by atoms with van der Waals surface area (Å²) < 4.78 is 1.13. The number of piperidine rings is 1. The zero-order chi connectivity index (χ0) is 14.5. The molecular formula is C16H19BrN4. The van der Waals surface area contributed by atoms with Gasteiger partial charge in [-0.15, -0.1) is 0 Å². The lowest BCUT2D eigenvalue weighted by Crippen LogP contribution is -2.46. The molecule has 5 heteroatoms. The average molecular weight is 347 g/mol. The van der Waals surface area contributed by atoms with E-state index in [0.29, 0.717) is 6.04 Å². The summed E-state index contributed by atoms with van der Waals surface area (Å²) in [5.41, 5.74) is 1.30. The minimum absolute atomic E-state index is 0.488. The number of hydrogen-bond acceptors (Lipinski definition) is 4. The molecule has 1 fully saturated rings. The van der Waals surface area contributed by atoms with Gasteiger partial charge in [-0.2, -0.15) is 0 Å². The van der Waals surface area contributed by atoms with Crippen LogP contribution in [0.4, 0.5) is 5.95 Å². The molecule has 1 aliphatic rings. The first-order valence-electron chi connectivity index (χ1n) is 7.31. The van der Waals surface area contributed by atoms with Gasteiger partial charge in [0.1, 0.15) is 0 Å². The van der Waals surface area contributed by atoms with Gasteiger partial charge in [0, 0.05) is 42.5 Å². The van der Waals surface area contributed by atoms with Crippen molar-refractivity contribution < 1.29 is 0 Å². The topological polar surface area (TPSA) is 41.0 Å². The van der Waals surface area contributed by atoms with Crippen LogP contribution in [0.2, 0.25) is 0 Å². The Balaban J connectivity index is 1.57. The maximum Gasteiger partial charge on any atom is 0.225 e. The molecule has 0 spiro atoms. The molecule has 1 aromatic carbocycles. The van der Waals surface area contributed by atoms with Gasteiger partial charge in [-0.3, -0.25) is 0 Å². The molecule has 0 bridgehead atoms. The number of halogens is 1. The fraction of sp³-hybridized carbons (Fsp3) is 0.375. The third kappa shape index (κ3) is 4.02. The third-order valence-electron chi connectivity index (χ3n) is 3.74. The SMILES string of the molecule is Brc1cccc(CNC2CCCN(c3ncccn3)C2)c1. The Bertz CT molecular complexity index is 575. The number of nitrogens with zero attached hydrogens (tertiary/aromatic N) is 3. The second-order valence-electron chi connectivity index (χ2n) is 5.34. The summed E-state index contributed by atoms with van der Waals surface area (Å²) in [5.74, 6) is 0.839. The number of rotatable bonds is 4. The smallest absolute Gasteiger partial charge is 0.225 e. The van der Waals surface area contributed by atoms with Crippen LogP contribution < -0.4 is 10.2 Å². The van der Waals surface area contributed by atoms with Crippen LogP contribution in [0.3, 0.4) is 0 Å². The summed E-state index contributed by atoms with van der Waals surface area (Å²) in [7, 11) is 0. The van der Waals surface area contributed by atoms with Crippen molar-refractivity contribution in [2.45, 2.75) is 25.4 Å². The molecule has 1 N–H and O–H groups in total. The van der Waals surface area contributed by atoms with E-state index in [9.17, 15) is 0 Å². The van der Waals surface area contributed by atoms with Crippen molar-refractivity contribution in [3.05, 3.63) is 52.8 Å². The van der Waals surface area contributed by atoms with E-state index in [2.05, 4.69) is 60.4 Å². The van der Waals surface area contributed by atoms with Crippen LogP contribution in [0.1, 0.15) is 18.4 Å². The van der Waals surface area contributed by atoms with Crippen LogP contribution in [0, 0.1) is 0 Å². The summed E-state index contributed by atoms with van der Waals surface area (Å²) in [6, 6.07) is 10.8. The van der Waals surface area contributed by atoms with Crippen molar-refractivity contribution in [2.75, 3.05) is 18.0 Å². The van der Waals surface area contributed by atoms with Crippen molar-refractivity contribution >= 4 is 21.9 Å². The minimum Gasteiger partial charge on any atom is -0.339 e. The van der Waals surface area contributed by atoms with Gasteiger partial charge < -0.3 is 10.2 Å². The van der Waals surface area contributed by atoms with E-state index < -0.39 is 0 Å². The molecule has 4 nitrogen and oxygen atoms in total. The first-order valence-corrected chi connectivity index (χ1v) is 8.10. The van der Waals surface area contributed by atoms with Gasteiger partial charge >= 0.3 is 0 Å². The maximum absolute atomic E-state index is 4.35. The molecule has 0 aliphatic carbocycles. The molecule has 21 heavy (non-hydrogen) atoms. The van der Waals surface area contributed by atoms with Crippen molar-refractivity contribution in [1.29, 1.82) is 0 Å². The van der Waals surface area contributed by atoms with E-state index in [1.165, 1.54) is 18.4 Å². The van der Waals surface area contributed by atoms with Gasteiger partial charge in [0.05, 0.1) is 0 Å². The summed E-state index contributed by atoms with van der Waals surface area (Å²) >= 11 is 3.52. The van der Waals surface area contributed by atoms with Crippen LogP contribution >= 0.6 is 15.9 Å². The van der Waals surface area contributed by atoms with Gasteiger partial charge in [0.15, 0.2) is 0 Å². The number of anilines is 1. The van der Waals surface area contributed by atoms with E-state index in [1.54, 1.807) is 12.4 Å². The molecule has 0 radical (unpaired) electrons. The van der Waals surface area contributed by atoms with Crippen molar-refractivity contribution in [2.24, 2.45) is 0 Å². The monoisotopic (exact) mass is 346 g/mol. The third-order valence-corrected chi connectivity index (χ3v) is 4.23. The molecule has 2 heterocycles. The average Bonchev–Trinajstić information content (AvgIpc) is 2.54. The largest absolute Gasteiger partial charge is 0.339 e. The lowest BCUT2D eigenvalue weighted by atomic mass is 10.1. The number of nitrogens with one attached hydrogen (secondary N) is 1. The number of benzene rings is 1. The predicted molar refractivity (Wildman–Crippen MR) is 88.2 cm³/mol. The molecule has 3 rings (SSSR count). The first-order chi connectivity index (χ1) is 10.3. The molecule has 1 unspecified atom stereocenters. The molecule has 0 amide bonds. The summed E-state index contributed by atoms with van der Waals surface area (Å²) in [6.07, 6.45) is 5.99. The van der Waals surface area contributed by atoms with Crippen molar-refractivity contribution in [3.63, 3.8) is 0 Å². The van der Waals surface area contributed by atoms with Gasteiger partial charge in [-0.25, -0.2) is 9.97 Å². The molecule has 2 aromatic rings. The van der Waals surface area contributed by atoms with Gasteiger partial charge in [-0.1, -0.05) is 28.1 Å². The van der Waals surface area contributed by atoms with E-state index in [-0.39, 0.29) is 0 Å². The highest BCUT2D eigenvalue weighted by Crippen LogP contribution is 2.16. The quantitative estimate of drug-likeness (QED) is 0.923. The second kappa shape index (κ2) is 7.00. The highest BCUT2D eigenvalue weighted by atomic mass is 79.9. The van der Waals surface area contributed by atoms with E-state index >= 15 is 0 Å². The fourth-order valence-corrected chi connectivity index (χ4v) is 3.14. The lowest BCUT2D eigenvalue weighted by Gasteiger charge is -2.33. The van der Waals surface area contributed by atoms with Crippen LogP contribution in [0.5, 0.6) is 0 Å². The highest BCUT2D eigenvalue weighted by Gasteiger charge is 2.20. The number of hydrogen-bond donors (Lipinski definition) is 1. The van der Waals surface area contributed by atoms with Crippen LogP contribution in [0.25, 0.3) is 0 Å². The predicted octanol–water partition coefficient (Wildman–Crippen LogP) is 3.00. The minimum atomic E-state index is 0.488. The summed E-state index contributed by atoms with van der Waals surface area (Å²) in [4.78, 5) is 11.0. The molecular weight excluding hydrogens is 328 g/mol. The summed E-state index contributed by atoms with van der Waals surface area (Å²) in [5, 5.41) is 3.65. The Morgan fingerprint density at radius 3 is 2.90 bits per heavy atom. The Labute approximate surface area is 133 Å². The molecule has 1 aromatic heterocycles. The maximum atomic E-state index is 4.35. The van der Waals surface area contributed by atoms with Crippen molar-refractivity contribution in [1.82, 2.24) is 15.3 Å². The van der Waals surface area contributed by atoms with E-state index in [0.717, 1.165) is 30.1 Å². The van der Waals surface area contributed by atoms with Gasteiger partial charge in [0.2, 0.25) is 5.95 Å². The van der Waals surface area contributed by atoms with Gasteiger partial charge in [-0.05, 0) is 36.6 Å². The second-order valence-corrected chi connectivity index (χ2v) is 6.26. The van der Waals surface area contributed by atoms with Crippen molar-refractivity contribution in [3.8, 4) is 0 Å². The standard InChI is InChI=1S/C16H19BrN4/c17-14-5-1-4-13(10-14)11-20-15-6-2-9-21(12-15)16-18-7-3-8-19-16/h1,3-5,7-8,10,15,20H,2,6,9,11-12H2. The Kier molecular flexibility index (Phi) is 4.83. The first kappa shape index (κ1) is 14.5. The molecule has 0 saturated carbocycles. The zero-order valence-corrected chi connectivity index (χ0v) is 13.5. The Morgan fingerprint density at radius 1 is 1.24 bits per heavy atom.